The molecule has 136 valence electrons. The summed E-state index contributed by atoms with van der Waals surface area (Å²) in [4.78, 5) is 28.8. The second kappa shape index (κ2) is 7.32. The van der Waals surface area contributed by atoms with Gasteiger partial charge >= 0.3 is 6.03 Å². The third kappa shape index (κ3) is 3.55. The number of nitrogens with one attached hydrogen (secondary N) is 1. The summed E-state index contributed by atoms with van der Waals surface area (Å²) in [7, 11) is 1.70. The van der Waals surface area contributed by atoms with Gasteiger partial charge in [-0.3, -0.25) is 4.79 Å². The van der Waals surface area contributed by atoms with Crippen molar-refractivity contribution in [3.05, 3.63) is 0 Å². The van der Waals surface area contributed by atoms with Gasteiger partial charge in [-0.25, -0.2) is 4.79 Å². The van der Waals surface area contributed by atoms with E-state index in [2.05, 4.69) is 17.1 Å². The third-order valence-electron chi connectivity index (χ3n) is 6.69. The Balaban J connectivity index is 1.51. The van der Waals surface area contributed by atoms with Crippen LogP contribution in [0.4, 0.5) is 4.79 Å². The van der Waals surface area contributed by atoms with Gasteiger partial charge in [0.1, 0.15) is 0 Å². The summed E-state index contributed by atoms with van der Waals surface area (Å²) < 4.78 is 0. The van der Waals surface area contributed by atoms with Crippen LogP contribution in [0.1, 0.15) is 58.3 Å². The van der Waals surface area contributed by atoms with Gasteiger partial charge in [0.2, 0.25) is 5.91 Å². The van der Waals surface area contributed by atoms with Crippen molar-refractivity contribution in [1.29, 1.82) is 0 Å². The van der Waals surface area contributed by atoms with Gasteiger partial charge in [-0.2, -0.15) is 0 Å². The van der Waals surface area contributed by atoms with Crippen LogP contribution in [-0.2, 0) is 4.79 Å². The molecule has 0 spiro atoms. The van der Waals surface area contributed by atoms with Crippen molar-refractivity contribution in [2.24, 2.45) is 17.3 Å². The molecule has 5 nitrogen and oxygen atoms in total. The Bertz CT molecular complexity index is 465. The Kier molecular flexibility index (Phi) is 5.36. The van der Waals surface area contributed by atoms with Gasteiger partial charge in [-0.1, -0.05) is 26.2 Å². The highest BCUT2D eigenvalue weighted by atomic mass is 16.2. The number of nitrogens with zero attached hydrogens (tertiary/aromatic N) is 2. The van der Waals surface area contributed by atoms with Gasteiger partial charge in [0.15, 0.2) is 0 Å². The van der Waals surface area contributed by atoms with Crippen molar-refractivity contribution < 1.29 is 9.59 Å². The molecule has 1 atom stereocenters. The minimum absolute atomic E-state index is 0.0434. The molecule has 1 aliphatic carbocycles. The van der Waals surface area contributed by atoms with Crippen LogP contribution in [0.15, 0.2) is 0 Å². The second-order valence-electron chi connectivity index (χ2n) is 8.30. The molecule has 3 rings (SSSR count). The molecule has 0 aromatic heterocycles. The van der Waals surface area contributed by atoms with Crippen molar-refractivity contribution in [2.45, 2.75) is 58.3 Å². The SMILES string of the molecule is CNC(=O)N1CCC(C2CCN(C(=O)C3(C)CCCCC3)C2)CC1. The van der Waals surface area contributed by atoms with E-state index in [1.807, 2.05) is 4.90 Å². The van der Waals surface area contributed by atoms with E-state index in [4.69, 9.17) is 0 Å². The first kappa shape index (κ1) is 17.6. The highest BCUT2D eigenvalue weighted by Crippen LogP contribution is 2.40. The van der Waals surface area contributed by atoms with E-state index in [9.17, 15) is 9.59 Å². The molecule has 3 amide bonds. The van der Waals surface area contributed by atoms with E-state index in [1.54, 1.807) is 7.05 Å². The monoisotopic (exact) mass is 335 g/mol. The summed E-state index contributed by atoms with van der Waals surface area (Å²) in [6.45, 7) is 5.77. The molecule has 5 heteroatoms. The lowest BCUT2D eigenvalue weighted by Crippen LogP contribution is -2.45. The standard InChI is InChI=1S/C19H33N3O2/c1-19(9-4-3-5-10-19)17(23)22-13-8-16(14-22)15-6-11-21(12-7-15)18(24)20-2/h15-16H,3-14H2,1-2H3,(H,20,24). The van der Waals surface area contributed by atoms with Crippen molar-refractivity contribution in [1.82, 2.24) is 15.1 Å². The normalized spacial score (nSPS) is 28.0. The Labute approximate surface area is 146 Å². The van der Waals surface area contributed by atoms with Crippen molar-refractivity contribution in [3.8, 4) is 0 Å². The first-order valence-electron chi connectivity index (χ1n) is 9.79. The minimum atomic E-state index is -0.101. The Morgan fingerprint density at radius 1 is 0.917 bits per heavy atom. The molecule has 1 N–H and O–H groups in total. The molecule has 0 radical (unpaired) electrons. The second-order valence-corrected chi connectivity index (χ2v) is 8.30. The molecule has 1 saturated carbocycles. The summed E-state index contributed by atoms with van der Waals surface area (Å²) in [5.74, 6) is 1.71. The molecule has 0 aromatic rings. The lowest BCUT2D eigenvalue weighted by molar-refractivity contribution is -0.142. The van der Waals surface area contributed by atoms with Gasteiger partial charge < -0.3 is 15.1 Å². The number of carbonyl (C=O) groups excluding carboxylic acids is 2. The lowest BCUT2D eigenvalue weighted by Gasteiger charge is -2.37. The number of piperidine rings is 1. The van der Waals surface area contributed by atoms with Gasteiger partial charge in [-0.05, 0) is 43.9 Å². The van der Waals surface area contributed by atoms with Crippen molar-refractivity contribution >= 4 is 11.9 Å². The van der Waals surface area contributed by atoms with E-state index in [-0.39, 0.29) is 11.4 Å². The van der Waals surface area contributed by atoms with E-state index in [1.165, 1.54) is 19.3 Å². The van der Waals surface area contributed by atoms with E-state index in [0.29, 0.717) is 17.7 Å². The van der Waals surface area contributed by atoms with Crippen LogP contribution in [-0.4, -0.2) is 55.0 Å². The first-order chi connectivity index (χ1) is 11.5. The maximum absolute atomic E-state index is 13.0. The van der Waals surface area contributed by atoms with Crippen molar-refractivity contribution in [3.63, 3.8) is 0 Å². The Morgan fingerprint density at radius 3 is 2.12 bits per heavy atom. The van der Waals surface area contributed by atoms with Crippen molar-refractivity contribution in [2.75, 3.05) is 33.2 Å². The van der Waals surface area contributed by atoms with Crippen LogP contribution in [0.3, 0.4) is 0 Å². The zero-order chi connectivity index (χ0) is 17.2. The molecule has 0 aromatic carbocycles. The van der Waals surface area contributed by atoms with Crippen LogP contribution >= 0.6 is 0 Å². The zero-order valence-corrected chi connectivity index (χ0v) is 15.4. The molecular weight excluding hydrogens is 302 g/mol. The predicted molar refractivity (Wildman–Crippen MR) is 94.6 cm³/mol. The fourth-order valence-corrected chi connectivity index (χ4v) is 5.02. The van der Waals surface area contributed by atoms with Gasteiger partial charge in [0.05, 0.1) is 0 Å². The summed E-state index contributed by atoms with van der Waals surface area (Å²) in [5, 5.41) is 2.72. The van der Waals surface area contributed by atoms with E-state index >= 15 is 0 Å². The molecule has 0 bridgehead atoms. The van der Waals surface area contributed by atoms with Gasteiger partial charge in [-0.15, -0.1) is 0 Å². The van der Waals surface area contributed by atoms with Crippen LogP contribution in [0, 0.1) is 17.3 Å². The summed E-state index contributed by atoms with van der Waals surface area (Å²) in [5.41, 5.74) is -0.101. The molecule has 2 saturated heterocycles. The summed E-state index contributed by atoms with van der Waals surface area (Å²) in [6.07, 6.45) is 9.14. The lowest BCUT2D eigenvalue weighted by atomic mass is 9.74. The molecule has 3 fully saturated rings. The average Bonchev–Trinajstić information content (AvgIpc) is 3.11. The molecule has 3 aliphatic rings. The van der Waals surface area contributed by atoms with Gasteiger partial charge in [0.25, 0.3) is 0 Å². The molecule has 1 unspecified atom stereocenters. The van der Waals surface area contributed by atoms with Crippen LogP contribution < -0.4 is 5.32 Å². The van der Waals surface area contributed by atoms with Crippen LogP contribution in [0.2, 0.25) is 0 Å². The number of hydrogen-bond donors (Lipinski definition) is 1. The molecule has 2 heterocycles. The van der Waals surface area contributed by atoms with Crippen LogP contribution in [0.5, 0.6) is 0 Å². The smallest absolute Gasteiger partial charge is 0.317 e. The maximum Gasteiger partial charge on any atom is 0.317 e. The highest BCUT2D eigenvalue weighted by molar-refractivity contribution is 5.82. The molecule has 2 aliphatic heterocycles. The van der Waals surface area contributed by atoms with E-state index < -0.39 is 0 Å². The average molecular weight is 335 g/mol. The number of hydrogen-bond acceptors (Lipinski definition) is 2. The number of likely N-dealkylation sites (tertiary alicyclic amines) is 2. The minimum Gasteiger partial charge on any atom is -0.342 e. The topological polar surface area (TPSA) is 52.7 Å². The number of urea groups is 1. The molecule has 24 heavy (non-hydrogen) atoms. The Morgan fingerprint density at radius 2 is 1.50 bits per heavy atom. The number of carbonyl (C=O) groups is 2. The predicted octanol–water partition coefficient (Wildman–Crippen LogP) is 2.86. The number of amides is 3. The third-order valence-corrected chi connectivity index (χ3v) is 6.69. The van der Waals surface area contributed by atoms with Gasteiger partial charge in [0, 0.05) is 38.6 Å². The summed E-state index contributed by atoms with van der Waals surface area (Å²) in [6, 6.07) is 0.0434. The Hall–Kier alpha value is -1.26. The quantitative estimate of drug-likeness (QED) is 0.843. The fraction of sp³-hybridized carbons (Fsp3) is 0.895. The maximum atomic E-state index is 13.0. The fourth-order valence-electron chi connectivity index (χ4n) is 5.02. The highest BCUT2D eigenvalue weighted by Gasteiger charge is 2.41. The first-order valence-corrected chi connectivity index (χ1v) is 9.79. The van der Waals surface area contributed by atoms with E-state index in [0.717, 1.165) is 58.3 Å². The largest absolute Gasteiger partial charge is 0.342 e. The summed E-state index contributed by atoms with van der Waals surface area (Å²) >= 11 is 0. The number of rotatable bonds is 2. The van der Waals surface area contributed by atoms with Crippen LogP contribution in [0.25, 0.3) is 0 Å². The molecular formula is C19H33N3O2. The zero-order valence-electron chi connectivity index (χ0n) is 15.4.